The van der Waals surface area contributed by atoms with Crippen molar-refractivity contribution in [2.45, 2.75) is 26.7 Å². The predicted molar refractivity (Wildman–Crippen MR) is 117 cm³/mol. The number of likely N-dealkylation sites (tertiary alicyclic amines) is 1. The zero-order valence-corrected chi connectivity index (χ0v) is 17.5. The average Bonchev–Trinajstić information content (AvgIpc) is 2.71. The molecule has 1 fully saturated rings. The summed E-state index contributed by atoms with van der Waals surface area (Å²) < 4.78 is 0. The van der Waals surface area contributed by atoms with Gasteiger partial charge in [0.25, 0.3) is 5.91 Å². The lowest BCUT2D eigenvalue weighted by atomic mass is 9.89. The number of aryl methyl sites for hydroxylation is 2. The smallest absolute Gasteiger partial charge is 0.254 e. The minimum absolute atomic E-state index is 0.0526. The van der Waals surface area contributed by atoms with Gasteiger partial charge in [-0.25, -0.2) is 0 Å². The maximum atomic E-state index is 13.1. The Balaban J connectivity index is 1.80. The maximum Gasteiger partial charge on any atom is 0.254 e. The number of amides is 1. The summed E-state index contributed by atoms with van der Waals surface area (Å²) in [5, 5.41) is 26.7. The first-order chi connectivity index (χ1) is 14.3. The second-order valence-electron chi connectivity index (χ2n) is 7.81. The van der Waals surface area contributed by atoms with Crippen molar-refractivity contribution in [3.05, 3.63) is 81.0 Å². The van der Waals surface area contributed by atoms with Gasteiger partial charge in [0.15, 0.2) is 0 Å². The van der Waals surface area contributed by atoms with Crippen LogP contribution in [-0.4, -0.2) is 41.3 Å². The van der Waals surface area contributed by atoms with Gasteiger partial charge < -0.3 is 15.7 Å². The van der Waals surface area contributed by atoms with E-state index in [2.05, 4.69) is 6.07 Å². The number of rotatable bonds is 5. The number of aliphatic hydroxyl groups is 1. The molecule has 30 heavy (non-hydrogen) atoms. The molecular formula is C24H26N4O2. The first kappa shape index (κ1) is 21.3. The number of nitrogens with zero attached hydrogens (tertiary/aromatic N) is 2. The van der Waals surface area contributed by atoms with Crippen molar-refractivity contribution in [1.82, 2.24) is 4.90 Å². The Hall–Kier alpha value is -3.43. The lowest BCUT2D eigenvalue weighted by Crippen LogP contribution is -2.48. The zero-order chi connectivity index (χ0) is 22.0. The lowest BCUT2D eigenvalue weighted by Gasteiger charge is -2.40. The lowest BCUT2D eigenvalue weighted by molar-refractivity contribution is 0.0601. The number of carbonyl (C=O) groups is 1. The SMILES string of the molecule is C/C(C(=N)c1cc(C(=O)N2CC(c3ccc(C#N)cc3)C2)c(C)cc1C)=C(/N)CO. The molecule has 0 radical (unpaired) electrons. The summed E-state index contributed by atoms with van der Waals surface area (Å²) in [6, 6.07) is 13.3. The number of hydrogen-bond acceptors (Lipinski definition) is 5. The highest BCUT2D eigenvalue weighted by atomic mass is 16.3. The van der Waals surface area contributed by atoms with Crippen LogP contribution >= 0.6 is 0 Å². The number of aliphatic hydroxyl groups excluding tert-OH is 1. The molecular weight excluding hydrogens is 376 g/mol. The summed E-state index contributed by atoms with van der Waals surface area (Å²) in [5.74, 6) is 0.211. The van der Waals surface area contributed by atoms with Crippen molar-refractivity contribution in [3.63, 3.8) is 0 Å². The Kier molecular flexibility index (Phi) is 6.04. The standard InChI is InChI=1S/C24H26N4O2/c1-14-8-15(2)21(9-20(14)23(27)16(3)22(26)13-29)24(30)28-11-19(12-28)18-6-4-17(10-25)5-7-18/h4-9,19,27,29H,11-13,26H2,1-3H3/b22-16-,27-23?. The fourth-order valence-electron chi connectivity index (χ4n) is 3.69. The van der Waals surface area contributed by atoms with Crippen molar-refractivity contribution in [1.29, 1.82) is 10.7 Å². The van der Waals surface area contributed by atoms with Gasteiger partial charge in [0, 0.05) is 35.8 Å². The first-order valence-corrected chi connectivity index (χ1v) is 9.82. The fourth-order valence-corrected chi connectivity index (χ4v) is 3.69. The van der Waals surface area contributed by atoms with Gasteiger partial charge in [-0.3, -0.25) is 10.2 Å². The summed E-state index contributed by atoms with van der Waals surface area (Å²) in [6.07, 6.45) is 0. The number of nitriles is 1. The number of carbonyl (C=O) groups excluding carboxylic acids is 1. The minimum Gasteiger partial charge on any atom is -0.400 e. The van der Waals surface area contributed by atoms with Gasteiger partial charge in [0.1, 0.15) is 0 Å². The van der Waals surface area contributed by atoms with Crippen LogP contribution in [0.2, 0.25) is 0 Å². The van der Waals surface area contributed by atoms with E-state index < -0.39 is 0 Å². The molecule has 2 aromatic rings. The molecule has 6 nitrogen and oxygen atoms in total. The summed E-state index contributed by atoms with van der Waals surface area (Å²) >= 11 is 0. The van der Waals surface area contributed by atoms with Crippen molar-refractivity contribution >= 4 is 11.6 Å². The molecule has 154 valence electrons. The first-order valence-electron chi connectivity index (χ1n) is 9.82. The van der Waals surface area contributed by atoms with E-state index in [1.165, 1.54) is 0 Å². The van der Waals surface area contributed by atoms with Gasteiger partial charge in [-0.2, -0.15) is 5.26 Å². The summed E-state index contributed by atoms with van der Waals surface area (Å²) in [4.78, 5) is 14.9. The van der Waals surface area contributed by atoms with Crippen LogP contribution in [0.5, 0.6) is 0 Å². The van der Waals surface area contributed by atoms with E-state index in [-0.39, 0.29) is 29.8 Å². The van der Waals surface area contributed by atoms with Gasteiger partial charge in [-0.1, -0.05) is 18.2 Å². The molecule has 1 saturated heterocycles. The largest absolute Gasteiger partial charge is 0.400 e. The Morgan fingerprint density at radius 1 is 1.20 bits per heavy atom. The highest BCUT2D eigenvalue weighted by Gasteiger charge is 2.33. The molecule has 0 atom stereocenters. The molecule has 0 saturated carbocycles. The van der Waals surface area contributed by atoms with Gasteiger partial charge in [-0.05, 0) is 61.2 Å². The highest BCUT2D eigenvalue weighted by Crippen LogP contribution is 2.30. The maximum absolute atomic E-state index is 13.1. The Morgan fingerprint density at radius 2 is 1.80 bits per heavy atom. The fraction of sp³-hybridized carbons (Fsp3) is 0.292. The van der Waals surface area contributed by atoms with Crippen LogP contribution in [-0.2, 0) is 0 Å². The number of nitrogens with one attached hydrogen (secondary N) is 1. The Morgan fingerprint density at radius 3 is 2.37 bits per heavy atom. The second-order valence-corrected chi connectivity index (χ2v) is 7.81. The van der Waals surface area contributed by atoms with Crippen LogP contribution in [0, 0.1) is 30.6 Å². The normalized spacial score (nSPS) is 14.6. The molecule has 4 N–H and O–H groups in total. The molecule has 1 aliphatic rings. The molecule has 1 heterocycles. The molecule has 0 aliphatic carbocycles. The van der Waals surface area contributed by atoms with Gasteiger partial charge >= 0.3 is 0 Å². The summed E-state index contributed by atoms with van der Waals surface area (Å²) in [6.45, 7) is 6.44. The van der Waals surface area contributed by atoms with E-state index in [0.29, 0.717) is 35.4 Å². The number of benzene rings is 2. The average molecular weight is 402 g/mol. The molecule has 0 spiro atoms. The van der Waals surface area contributed by atoms with Crippen LogP contribution in [0.3, 0.4) is 0 Å². The molecule has 0 unspecified atom stereocenters. The van der Waals surface area contributed by atoms with E-state index in [1.807, 2.05) is 32.0 Å². The van der Waals surface area contributed by atoms with E-state index in [9.17, 15) is 9.90 Å². The molecule has 6 heteroatoms. The van der Waals surface area contributed by atoms with Gasteiger partial charge in [0.05, 0.1) is 24.0 Å². The number of allylic oxidation sites excluding steroid dienone is 1. The van der Waals surface area contributed by atoms with Crippen LogP contribution in [0.25, 0.3) is 0 Å². The van der Waals surface area contributed by atoms with E-state index >= 15 is 0 Å². The zero-order valence-electron chi connectivity index (χ0n) is 17.5. The van der Waals surface area contributed by atoms with Crippen LogP contribution in [0.1, 0.15) is 51.0 Å². The van der Waals surface area contributed by atoms with Gasteiger partial charge in [-0.15, -0.1) is 0 Å². The Bertz CT molecular complexity index is 1070. The third-order valence-corrected chi connectivity index (χ3v) is 5.78. The summed E-state index contributed by atoms with van der Waals surface area (Å²) in [7, 11) is 0. The third kappa shape index (κ3) is 3.98. The summed E-state index contributed by atoms with van der Waals surface area (Å²) in [5.41, 5.74) is 11.5. The molecule has 1 aliphatic heterocycles. The molecule has 0 bridgehead atoms. The topological polar surface area (TPSA) is 114 Å². The van der Waals surface area contributed by atoms with Crippen molar-refractivity contribution < 1.29 is 9.90 Å². The van der Waals surface area contributed by atoms with Gasteiger partial charge in [0.2, 0.25) is 0 Å². The minimum atomic E-state index is -0.310. The van der Waals surface area contributed by atoms with Crippen molar-refractivity contribution in [2.75, 3.05) is 19.7 Å². The monoisotopic (exact) mass is 402 g/mol. The highest BCUT2D eigenvalue weighted by molar-refractivity contribution is 6.12. The molecule has 1 amide bonds. The number of hydrogen-bond donors (Lipinski definition) is 3. The molecule has 3 rings (SSSR count). The van der Waals surface area contributed by atoms with Crippen molar-refractivity contribution in [2.24, 2.45) is 5.73 Å². The molecule has 2 aromatic carbocycles. The van der Waals surface area contributed by atoms with Crippen molar-refractivity contribution in [3.8, 4) is 6.07 Å². The van der Waals surface area contributed by atoms with E-state index in [4.69, 9.17) is 16.4 Å². The van der Waals surface area contributed by atoms with Crippen LogP contribution in [0.4, 0.5) is 0 Å². The quantitative estimate of drug-likeness (QED) is 0.667. The second kappa shape index (κ2) is 8.52. The third-order valence-electron chi connectivity index (χ3n) is 5.78. The van der Waals surface area contributed by atoms with Crippen LogP contribution < -0.4 is 5.73 Å². The number of nitrogens with two attached hydrogens (primary N) is 1. The Labute approximate surface area is 176 Å². The molecule has 0 aromatic heterocycles. The van der Waals surface area contributed by atoms with E-state index in [0.717, 1.165) is 16.7 Å². The van der Waals surface area contributed by atoms with Crippen LogP contribution in [0.15, 0.2) is 47.7 Å². The van der Waals surface area contributed by atoms with E-state index in [1.54, 1.807) is 30.0 Å². The predicted octanol–water partition coefficient (Wildman–Crippen LogP) is 3.01.